The predicted octanol–water partition coefficient (Wildman–Crippen LogP) is 0.225. The molecule has 0 atom stereocenters. The molecule has 0 aromatic heterocycles. The molecule has 0 aliphatic carbocycles. The van der Waals surface area contributed by atoms with Crippen molar-refractivity contribution in [2.24, 2.45) is 0 Å². The van der Waals surface area contributed by atoms with Gasteiger partial charge in [-0.2, -0.15) is 0 Å². The summed E-state index contributed by atoms with van der Waals surface area (Å²) in [6.45, 7) is 1.21. The average Bonchev–Trinajstić information content (AvgIpc) is 1.61. The molecule has 0 radical (unpaired) electrons. The summed E-state index contributed by atoms with van der Waals surface area (Å²) in [5.41, 5.74) is 0. The monoisotopic (exact) mass is 306 g/mol. The number of carboxylic acid groups (broad SMARTS) is 1. The molecule has 5 heteroatoms. The van der Waals surface area contributed by atoms with Crippen LogP contribution in [0.3, 0.4) is 0 Å². The first kappa shape index (κ1) is 7.88. The fourth-order valence-electron chi connectivity index (χ4n) is 0.163. The Bertz CT molecular complexity index is 95.9. The molecule has 0 aromatic carbocycles. The molecular formula is C3H4HgO4. The molecule has 0 rings (SSSR count). The molecule has 0 aliphatic rings. The van der Waals surface area contributed by atoms with E-state index in [1.807, 2.05) is 0 Å². The molecule has 0 aromatic rings. The van der Waals surface area contributed by atoms with E-state index in [4.69, 9.17) is 5.11 Å². The van der Waals surface area contributed by atoms with E-state index in [-0.39, 0.29) is 0 Å². The third-order valence-electron chi connectivity index (χ3n) is 0.399. The molecule has 0 amide bonds. The predicted molar refractivity (Wildman–Crippen MR) is 19.8 cm³/mol. The summed E-state index contributed by atoms with van der Waals surface area (Å²) in [5, 5.41) is 7.98. The second kappa shape index (κ2) is 3.83. The number of hydrogen-bond acceptors (Lipinski definition) is 3. The summed E-state index contributed by atoms with van der Waals surface area (Å²) in [6.07, 6.45) is 0. The van der Waals surface area contributed by atoms with E-state index < -0.39 is 34.5 Å². The van der Waals surface area contributed by atoms with Gasteiger partial charge < -0.3 is 0 Å². The molecular weight excluding hydrogens is 301 g/mol. The van der Waals surface area contributed by atoms with Gasteiger partial charge in [-0.3, -0.25) is 0 Å². The third-order valence-corrected chi connectivity index (χ3v) is 3.50. The molecule has 0 fully saturated rings. The van der Waals surface area contributed by atoms with Crippen molar-refractivity contribution in [3.8, 4) is 0 Å². The number of rotatable bonds is 2. The molecule has 0 bridgehead atoms. The zero-order chi connectivity index (χ0) is 6.57. The Morgan fingerprint density at radius 3 is 2.25 bits per heavy atom. The van der Waals surface area contributed by atoms with Crippen molar-refractivity contribution in [1.82, 2.24) is 0 Å². The summed E-state index contributed by atoms with van der Waals surface area (Å²) in [5.74, 6) is -0.478. The van der Waals surface area contributed by atoms with E-state index in [2.05, 4.69) is 2.64 Å². The van der Waals surface area contributed by atoms with E-state index in [9.17, 15) is 9.59 Å². The SMILES string of the molecule is CC(=O)[O][Hg][C](=O)O. The first-order chi connectivity index (χ1) is 3.63. The minimum atomic E-state index is -2.29. The Morgan fingerprint density at radius 1 is 1.62 bits per heavy atom. The fourth-order valence-corrected chi connectivity index (χ4v) is 1.43. The molecule has 0 heterocycles. The van der Waals surface area contributed by atoms with Crippen molar-refractivity contribution in [2.45, 2.75) is 6.92 Å². The zero-order valence-electron chi connectivity index (χ0n) is 4.38. The molecule has 42 valence electrons. The van der Waals surface area contributed by atoms with E-state index in [1.165, 1.54) is 6.92 Å². The number of carbonyl (C=O) groups excluding carboxylic acids is 1. The summed E-state index contributed by atoms with van der Waals surface area (Å²) in [4.78, 5) is 19.6. The quantitative estimate of drug-likeness (QED) is 0.742. The Balaban J connectivity index is 3.18. The molecule has 4 nitrogen and oxygen atoms in total. The first-order valence-electron chi connectivity index (χ1n) is 1.98. The zero-order valence-corrected chi connectivity index (χ0v) is 9.88. The van der Waals surface area contributed by atoms with Gasteiger partial charge in [-0.1, -0.05) is 0 Å². The maximum atomic E-state index is 9.92. The maximum absolute atomic E-state index is 9.92. The van der Waals surface area contributed by atoms with Crippen molar-refractivity contribution < 1.29 is 42.4 Å². The minimum absolute atomic E-state index is 0.478. The normalized spacial score (nSPS) is 7.12. The van der Waals surface area contributed by atoms with Gasteiger partial charge in [-0.25, -0.2) is 0 Å². The second-order valence-electron chi connectivity index (χ2n) is 1.17. The van der Waals surface area contributed by atoms with Crippen molar-refractivity contribution >= 4 is 9.45 Å². The molecule has 0 aliphatic heterocycles. The Hall–Kier alpha value is -0.125. The molecule has 0 spiro atoms. The van der Waals surface area contributed by atoms with Crippen molar-refractivity contribution in [3.63, 3.8) is 0 Å². The van der Waals surface area contributed by atoms with E-state index in [0.717, 1.165) is 0 Å². The van der Waals surface area contributed by atoms with Crippen LogP contribution in [0.4, 0.5) is 4.79 Å². The van der Waals surface area contributed by atoms with Crippen LogP contribution in [0.2, 0.25) is 0 Å². The van der Waals surface area contributed by atoms with Crippen LogP contribution in [-0.4, -0.2) is 14.6 Å². The average molecular weight is 305 g/mol. The van der Waals surface area contributed by atoms with Crippen LogP contribution in [0, 0.1) is 0 Å². The van der Waals surface area contributed by atoms with Gasteiger partial charge in [0.2, 0.25) is 0 Å². The van der Waals surface area contributed by atoms with Gasteiger partial charge in [-0.15, -0.1) is 0 Å². The van der Waals surface area contributed by atoms with Crippen LogP contribution in [0.5, 0.6) is 0 Å². The number of hydrogen-bond donors (Lipinski definition) is 1. The van der Waals surface area contributed by atoms with E-state index in [1.54, 1.807) is 0 Å². The van der Waals surface area contributed by atoms with Crippen molar-refractivity contribution in [1.29, 1.82) is 0 Å². The molecule has 8 heavy (non-hydrogen) atoms. The van der Waals surface area contributed by atoms with Gasteiger partial charge in [0.1, 0.15) is 0 Å². The van der Waals surface area contributed by atoms with Gasteiger partial charge in [0, 0.05) is 0 Å². The molecule has 0 saturated heterocycles. The number of carbonyl (C=O) groups is 2. The van der Waals surface area contributed by atoms with Crippen molar-refractivity contribution in [3.05, 3.63) is 0 Å². The fraction of sp³-hybridized carbons (Fsp3) is 0.333. The molecule has 0 saturated carbocycles. The van der Waals surface area contributed by atoms with Crippen LogP contribution < -0.4 is 0 Å². The van der Waals surface area contributed by atoms with Crippen LogP contribution in [0.1, 0.15) is 6.92 Å². The second-order valence-corrected chi connectivity index (χ2v) is 5.77. The topological polar surface area (TPSA) is 63.6 Å². The van der Waals surface area contributed by atoms with Crippen LogP contribution in [0.25, 0.3) is 0 Å². The van der Waals surface area contributed by atoms with E-state index in [0.29, 0.717) is 0 Å². The Labute approximate surface area is 58.9 Å². The standard InChI is InChI=1S/C2H4O2.CHO2.Hg/c1-2(3)4;2-1-3;/h1H3,(H,3,4);(H,2,3);/q;;+1/p-1. The van der Waals surface area contributed by atoms with Gasteiger partial charge >= 0.3 is 58.7 Å². The summed E-state index contributed by atoms with van der Waals surface area (Å²) in [6, 6.07) is 0. The van der Waals surface area contributed by atoms with Crippen LogP contribution >= 0.6 is 0 Å². The van der Waals surface area contributed by atoms with Gasteiger partial charge in [0.15, 0.2) is 0 Å². The molecule has 0 unspecified atom stereocenters. The summed E-state index contributed by atoms with van der Waals surface area (Å²) >= 11 is -2.29. The molecule has 1 N–H and O–H groups in total. The third kappa shape index (κ3) is 5.88. The Morgan fingerprint density at radius 2 is 2.12 bits per heavy atom. The van der Waals surface area contributed by atoms with Crippen LogP contribution in [-0.2, 0) is 32.5 Å². The Kier molecular flexibility index (Phi) is 3.77. The van der Waals surface area contributed by atoms with Crippen LogP contribution in [0.15, 0.2) is 0 Å². The van der Waals surface area contributed by atoms with Gasteiger partial charge in [-0.05, 0) is 0 Å². The van der Waals surface area contributed by atoms with E-state index >= 15 is 0 Å². The first-order valence-corrected chi connectivity index (χ1v) is 6.97. The van der Waals surface area contributed by atoms with Gasteiger partial charge in [0.05, 0.1) is 0 Å². The summed E-state index contributed by atoms with van der Waals surface area (Å²) in [7, 11) is 0. The van der Waals surface area contributed by atoms with Gasteiger partial charge in [0.25, 0.3) is 0 Å². The van der Waals surface area contributed by atoms with Crippen molar-refractivity contribution in [2.75, 3.05) is 0 Å². The summed E-state index contributed by atoms with van der Waals surface area (Å²) < 4.78 is 3.37.